The highest BCUT2D eigenvalue weighted by Gasteiger charge is 2.08. The molecule has 0 fully saturated rings. The van der Waals surface area contributed by atoms with E-state index in [9.17, 15) is 0 Å². The summed E-state index contributed by atoms with van der Waals surface area (Å²) in [7, 11) is 0. The highest BCUT2D eigenvalue weighted by molar-refractivity contribution is 5.78. The van der Waals surface area contributed by atoms with Crippen molar-refractivity contribution in [3.05, 3.63) is 53.5 Å². The summed E-state index contributed by atoms with van der Waals surface area (Å²) in [5.41, 5.74) is 11.5. The first-order valence-electron chi connectivity index (χ1n) is 6.72. The molecule has 1 atom stereocenters. The Morgan fingerprint density at radius 3 is 2.50 bits per heavy atom. The second-order valence-corrected chi connectivity index (χ2v) is 5.28. The van der Waals surface area contributed by atoms with Crippen LogP contribution in [0.3, 0.4) is 0 Å². The van der Waals surface area contributed by atoms with E-state index in [-0.39, 0.29) is 6.04 Å². The van der Waals surface area contributed by atoms with E-state index in [2.05, 4.69) is 35.9 Å². The highest BCUT2D eigenvalue weighted by Crippen LogP contribution is 2.21. The fraction of sp³-hybridized carbons (Fsp3) is 0.250. The number of imidazole rings is 1. The Hall–Kier alpha value is -2.20. The van der Waals surface area contributed by atoms with Crippen LogP contribution in [0.2, 0.25) is 0 Å². The standard InChI is InChI=1S/C16H18N4/c1-10-6-14-15(7-11(10)2)20(9-19-14)16-5-4-13(8-18-16)12(3)17/h4-9,12H,17H2,1-3H3/t12-/m0/s1. The number of pyridine rings is 1. The molecule has 3 aromatic rings. The zero-order valence-electron chi connectivity index (χ0n) is 12.0. The summed E-state index contributed by atoms with van der Waals surface area (Å²) in [4.78, 5) is 8.94. The van der Waals surface area contributed by atoms with Crippen molar-refractivity contribution in [1.82, 2.24) is 14.5 Å². The predicted molar refractivity (Wildman–Crippen MR) is 80.9 cm³/mol. The largest absolute Gasteiger partial charge is 0.324 e. The smallest absolute Gasteiger partial charge is 0.138 e. The molecule has 2 aromatic heterocycles. The van der Waals surface area contributed by atoms with E-state index >= 15 is 0 Å². The lowest BCUT2D eigenvalue weighted by Crippen LogP contribution is -2.06. The summed E-state index contributed by atoms with van der Waals surface area (Å²) < 4.78 is 2.01. The molecule has 0 bridgehead atoms. The number of hydrogen-bond donors (Lipinski definition) is 1. The first kappa shape index (κ1) is 12.8. The van der Waals surface area contributed by atoms with Crippen LogP contribution in [0.15, 0.2) is 36.8 Å². The van der Waals surface area contributed by atoms with Crippen LogP contribution in [0.1, 0.15) is 29.7 Å². The molecule has 4 nitrogen and oxygen atoms in total. The van der Waals surface area contributed by atoms with Crippen LogP contribution in [0.25, 0.3) is 16.9 Å². The van der Waals surface area contributed by atoms with Crippen molar-refractivity contribution < 1.29 is 0 Å². The van der Waals surface area contributed by atoms with Gasteiger partial charge >= 0.3 is 0 Å². The van der Waals surface area contributed by atoms with Gasteiger partial charge in [-0.2, -0.15) is 0 Å². The third-order valence-electron chi connectivity index (χ3n) is 3.71. The number of aryl methyl sites for hydroxylation is 2. The van der Waals surface area contributed by atoms with Gasteiger partial charge in [-0.05, 0) is 55.7 Å². The van der Waals surface area contributed by atoms with Gasteiger partial charge in [0.25, 0.3) is 0 Å². The molecule has 0 aliphatic rings. The molecule has 2 heterocycles. The van der Waals surface area contributed by atoms with Crippen LogP contribution in [-0.2, 0) is 0 Å². The minimum Gasteiger partial charge on any atom is -0.324 e. The Balaban J connectivity index is 2.12. The zero-order chi connectivity index (χ0) is 14.3. The van der Waals surface area contributed by atoms with Gasteiger partial charge in [-0.1, -0.05) is 6.07 Å². The van der Waals surface area contributed by atoms with Crippen molar-refractivity contribution in [3.63, 3.8) is 0 Å². The van der Waals surface area contributed by atoms with Crippen molar-refractivity contribution >= 4 is 11.0 Å². The molecule has 0 amide bonds. The van der Waals surface area contributed by atoms with Crippen LogP contribution in [0.4, 0.5) is 0 Å². The average Bonchev–Trinajstić information content (AvgIpc) is 2.82. The van der Waals surface area contributed by atoms with Gasteiger partial charge in [-0.25, -0.2) is 9.97 Å². The first-order chi connectivity index (χ1) is 9.56. The van der Waals surface area contributed by atoms with Gasteiger partial charge in [0, 0.05) is 12.2 Å². The fourth-order valence-electron chi connectivity index (χ4n) is 2.26. The van der Waals surface area contributed by atoms with Crippen LogP contribution >= 0.6 is 0 Å². The molecule has 0 unspecified atom stereocenters. The van der Waals surface area contributed by atoms with Crippen LogP contribution in [0.5, 0.6) is 0 Å². The van der Waals surface area contributed by atoms with Crippen LogP contribution in [-0.4, -0.2) is 14.5 Å². The summed E-state index contributed by atoms with van der Waals surface area (Å²) in [6.07, 6.45) is 3.64. The molecule has 0 saturated heterocycles. The molecule has 4 heteroatoms. The van der Waals surface area contributed by atoms with Crippen molar-refractivity contribution in [2.24, 2.45) is 5.73 Å². The summed E-state index contributed by atoms with van der Waals surface area (Å²) in [5, 5.41) is 0. The van der Waals surface area contributed by atoms with Gasteiger partial charge < -0.3 is 5.73 Å². The first-order valence-corrected chi connectivity index (χ1v) is 6.72. The summed E-state index contributed by atoms with van der Waals surface area (Å²) in [6.45, 7) is 6.16. The third-order valence-corrected chi connectivity index (χ3v) is 3.71. The maximum atomic E-state index is 5.85. The number of nitrogens with two attached hydrogens (primary N) is 1. The molecule has 1 aromatic carbocycles. The van der Waals surface area contributed by atoms with Gasteiger partial charge in [-0.3, -0.25) is 4.57 Å². The Kier molecular flexibility index (Phi) is 3.03. The predicted octanol–water partition coefficient (Wildman–Crippen LogP) is 3.06. The third kappa shape index (κ3) is 2.08. The van der Waals surface area contributed by atoms with Crippen LogP contribution in [0, 0.1) is 13.8 Å². The summed E-state index contributed by atoms with van der Waals surface area (Å²) in [5.74, 6) is 0.861. The highest BCUT2D eigenvalue weighted by atomic mass is 15.1. The summed E-state index contributed by atoms with van der Waals surface area (Å²) >= 11 is 0. The Labute approximate surface area is 118 Å². The van der Waals surface area contributed by atoms with E-state index < -0.39 is 0 Å². The quantitative estimate of drug-likeness (QED) is 0.775. The maximum absolute atomic E-state index is 5.85. The van der Waals surface area contributed by atoms with Crippen molar-refractivity contribution in [2.75, 3.05) is 0 Å². The molecular weight excluding hydrogens is 248 g/mol. The van der Waals surface area contributed by atoms with E-state index in [1.807, 2.05) is 36.1 Å². The SMILES string of the molecule is Cc1cc2ncn(-c3ccc([C@H](C)N)cn3)c2cc1C. The number of benzene rings is 1. The van der Waals surface area contributed by atoms with Gasteiger partial charge in [-0.15, -0.1) is 0 Å². The monoisotopic (exact) mass is 266 g/mol. The lowest BCUT2D eigenvalue weighted by atomic mass is 10.1. The maximum Gasteiger partial charge on any atom is 0.138 e. The van der Waals surface area contributed by atoms with Gasteiger partial charge in [0.2, 0.25) is 0 Å². The Morgan fingerprint density at radius 1 is 1.10 bits per heavy atom. The second kappa shape index (κ2) is 4.72. The fourth-order valence-corrected chi connectivity index (χ4v) is 2.26. The molecule has 20 heavy (non-hydrogen) atoms. The Bertz CT molecular complexity index is 754. The number of hydrogen-bond acceptors (Lipinski definition) is 3. The molecule has 0 radical (unpaired) electrons. The van der Waals surface area contributed by atoms with E-state index in [0.717, 1.165) is 22.4 Å². The lowest BCUT2D eigenvalue weighted by molar-refractivity contribution is 0.808. The van der Waals surface area contributed by atoms with Crippen LogP contribution < -0.4 is 5.73 Å². The Morgan fingerprint density at radius 2 is 1.85 bits per heavy atom. The number of nitrogens with zero attached hydrogens (tertiary/aromatic N) is 3. The molecule has 3 rings (SSSR count). The minimum atomic E-state index is 0.000903. The second-order valence-electron chi connectivity index (χ2n) is 5.28. The molecule has 0 aliphatic heterocycles. The topological polar surface area (TPSA) is 56.7 Å². The normalized spacial score (nSPS) is 12.8. The summed E-state index contributed by atoms with van der Waals surface area (Å²) in [6, 6.07) is 8.26. The van der Waals surface area contributed by atoms with Gasteiger partial charge in [0.15, 0.2) is 0 Å². The molecular formula is C16H18N4. The molecule has 0 spiro atoms. The molecule has 102 valence electrons. The zero-order valence-corrected chi connectivity index (χ0v) is 12.0. The average molecular weight is 266 g/mol. The van der Waals surface area contributed by atoms with Crippen molar-refractivity contribution in [3.8, 4) is 5.82 Å². The lowest BCUT2D eigenvalue weighted by Gasteiger charge is -2.08. The molecule has 2 N–H and O–H groups in total. The van der Waals surface area contributed by atoms with E-state index in [1.54, 1.807) is 0 Å². The number of fused-ring (bicyclic) bond motifs is 1. The number of rotatable bonds is 2. The van der Waals surface area contributed by atoms with E-state index in [4.69, 9.17) is 5.73 Å². The molecule has 0 aliphatic carbocycles. The minimum absolute atomic E-state index is 0.000903. The van der Waals surface area contributed by atoms with E-state index in [0.29, 0.717) is 0 Å². The van der Waals surface area contributed by atoms with Crippen molar-refractivity contribution in [2.45, 2.75) is 26.8 Å². The van der Waals surface area contributed by atoms with Gasteiger partial charge in [0.1, 0.15) is 12.1 Å². The van der Waals surface area contributed by atoms with Crippen molar-refractivity contribution in [1.29, 1.82) is 0 Å². The van der Waals surface area contributed by atoms with Gasteiger partial charge in [0.05, 0.1) is 11.0 Å². The van der Waals surface area contributed by atoms with E-state index in [1.165, 1.54) is 11.1 Å². The molecule has 0 saturated carbocycles. The number of aromatic nitrogens is 3.